The second-order valence-electron chi connectivity index (χ2n) is 7.50. The number of anilines is 1. The Bertz CT molecular complexity index is 1250. The molecule has 0 aliphatic rings. The van der Waals surface area contributed by atoms with E-state index in [4.69, 9.17) is 16.6 Å². The first-order valence-corrected chi connectivity index (χ1v) is 10.4. The molecular weight excluding hydrogens is 392 g/mol. The number of rotatable bonds is 4. The third-order valence-corrected chi connectivity index (χ3v) is 5.53. The van der Waals surface area contributed by atoms with Gasteiger partial charge in [0, 0.05) is 21.7 Å². The summed E-state index contributed by atoms with van der Waals surface area (Å²) in [6.45, 7) is 6.15. The predicted octanol–water partition coefficient (Wildman–Crippen LogP) is 6.99. The van der Waals surface area contributed by atoms with Crippen LogP contribution in [0.5, 0.6) is 0 Å². The molecule has 0 bridgehead atoms. The van der Waals surface area contributed by atoms with Gasteiger partial charge < -0.3 is 5.32 Å². The summed E-state index contributed by atoms with van der Waals surface area (Å²) in [5.74, 6) is -0.136. The van der Waals surface area contributed by atoms with Crippen LogP contribution in [0.15, 0.2) is 66.7 Å². The first kappa shape index (κ1) is 20.1. The highest BCUT2D eigenvalue weighted by molar-refractivity contribution is 6.30. The van der Waals surface area contributed by atoms with Gasteiger partial charge in [0.05, 0.1) is 16.8 Å². The maximum absolute atomic E-state index is 13.4. The maximum atomic E-state index is 13.4. The molecule has 1 heterocycles. The van der Waals surface area contributed by atoms with E-state index in [0.717, 1.165) is 51.0 Å². The van der Waals surface area contributed by atoms with Gasteiger partial charge in [0.25, 0.3) is 5.91 Å². The lowest BCUT2D eigenvalue weighted by molar-refractivity contribution is 0.102. The number of hydrogen-bond acceptors (Lipinski definition) is 2. The lowest BCUT2D eigenvalue weighted by Crippen LogP contribution is -2.14. The Hall–Kier alpha value is -3.17. The summed E-state index contributed by atoms with van der Waals surface area (Å²) in [6, 6.07) is 21.4. The fraction of sp³-hybridized carbons (Fsp3) is 0.154. The van der Waals surface area contributed by atoms with Crippen LogP contribution in [0.25, 0.3) is 22.2 Å². The van der Waals surface area contributed by atoms with E-state index in [1.165, 1.54) is 0 Å². The van der Waals surface area contributed by atoms with E-state index in [1.807, 2.05) is 74.5 Å². The number of nitrogens with one attached hydrogen (secondary N) is 1. The van der Waals surface area contributed by atoms with Crippen LogP contribution in [-0.2, 0) is 6.42 Å². The fourth-order valence-corrected chi connectivity index (χ4v) is 3.90. The Morgan fingerprint density at radius 2 is 1.73 bits per heavy atom. The van der Waals surface area contributed by atoms with E-state index in [0.29, 0.717) is 10.6 Å². The van der Waals surface area contributed by atoms with Crippen molar-refractivity contribution in [2.75, 3.05) is 5.32 Å². The average Bonchev–Trinajstić information content (AvgIpc) is 2.74. The van der Waals surface area contributed by atoms with Gasteiger partial charge in [0.15, 0.2) is 0 Å². The number of halogens is 1. The van der Waals surface area contributed by atoms with Gasteiger partial charge in [0.2, 0.25) is 0 Å². The Labute approximate surface area is 181 Å². The molecule has 4 rings (SSSR count). The minimum absolute atomic E-state index is 0.136. The summed E-state index contributed by atoms with van der Waals surface area (Å²) in [7, 11) is 0. The van der Waals surface area contributed by atoms with Gasteiger partial charge in [-0.2, -0.15) is 0 Å². The number of aromatic nitrogens is 1. The first-order chi connectivity index (χ1) is 14.5. The second-order valence-corrected chi connectivity index (χ2v) is 7.94. The molecule has 3 aromatic carbocycles. The van der Waals surface area contributed by atoms with Crippen LogP contribution in [0.4, 0.5) is 5.69 Å². The molecule has 0 saturated heterocycles. The van der Waals surface area contributed by atoms with Crippen molar-refractivity contribution < 1.29 is 4.79 Å². The van der Waals surface area contributed by atoms with Gasteiger partial charge in [0.1, 0.15) is 0 Å². The van der Waals surface area contributed by atoms with Gasteiger partial charge in [-0.1, -0.05) is 60.5 Å². The molecule has 0 spiro atoms. The molecular formula is C26H23ClN2O. The van der Waals surface area contributed by atoms with Gasteiger partial charge >= 0.3 is 0 Å². The highest BCUT2D eigenvalue weighted by Gasteiger charge is 2.17. The van der Waals surface area contributed by atoms with Crippen molar-refractivity contribution in [1.29, 1.82) is 0 Å². The molecule has 0 aliphatic carbocycles. The van der Waals surface area contributed by atoms with Crippen LogP contribution < -0.4 is 5.32 Å². The third kappa shape index (κ3) is 3.94. The Morgan fingerprint density at radius 1 is 1.00 bits per heavy atom. The van der Waals surface area contributed by atoms with E-state index >= 15 is 0 Å². The number of fused-ring (bicyclic) bond motifs is 1. The number of para-hydroxylation sites is 1. The zero-order valence-corrected chi connectivity index (χ0v) is 18.0. The maximum Gasteiger partial charge on any atom is 0.256 e. The van der Waals surface area contributed by atoms with Crippen molar-refractivity contribution in [1.82, 2.24) is 4.98 Å². The molecule has 0 aliphatic heterocycles. The molecule has 4 heteroatoms. The number of carbonyl (C=O) groups excluding carboxylic acids is 1. The third-order valence-electron chi connectivity index (χ3n) is 5.28. The average molecular weight is 415 g/mol. The zero-order valence-electron chi connectivity index (χ0n) is 17.3. The summed E-state index contributed by atoms with van der Waals surface area (Å²) in [5.41, 5.74) is 7.21. The zero-order chi connectivity index (χ0) is 21.3. The van der Waals surface area contributed by atoms with Crippen molar-refractivity contribution in [3.8, 4) is 11.3 Å². The van der Waals surface area contributed by atoms with Crippen LogP contribution in [0, 0.1) is 13.8 Å². The SMILES string of the molecule is CCc1ccccc1NC(=O)c1cc(-c2ccc(Cl)cc2)nc2c(C)cc(C)cc12. The topological polar surface area (TPSA) is 42.0 Å². The number of benzene rings is 3. The van der Waals surface area contributed by atoms with Crippen molar-refractivity contribution in [3.05, 3.63) is 94.0 Å². The van der Waals surface area contributed by atoms with Crippen molar-refractivity contribution in [3.63, 3.8) is 0 Å². The van der Waals surface area contributed by atoms with Crippen molar-refractivity contribution >= 4 is 34.1 Å². The van der Waals surface area contributed by atoms with E-state index < -0.39 is 0 Å². The monoisotopic (exact) mass is 414 g/mol. The molecule has 0 atom stereocenters. The van der Waals surface area contributed by atoms with Crippen LogP contribution in [0.1, 0.15) is 34.0 Å². The Kier molecular flexibility index (Phi) is 5.56. The van der Waals surface area contributed by atoms with E-state index in [1.54, 1.807) is 0 Å². The molecule has 0 fully saturated rings. The molecule has 1 aromatic heterocycles. The number of aryl methyl sites for hydroxylation is 3. The van der Waals surface area contributed by atoms with E-state index in [2.05, 4.69) is 18.3 Å². The Balaban J connectivity index is 1.88. The van der Waals surface area contributed by atoms with Crippen LogP contribution >= 0.6 is 11.6 Å². The predicted molar refractivity (Wildman–Crippen MR) is 125 cm³/mol. The molecule has 0 saturated carbocycles. The molecule has 1 N–H and O–H groups in total. The highest BCUT2D eigenvalue weighted by atomic mass is 35.5. The standard InChI is InChI=1S/C26H23ClN2O/c1-4-18-7-5-6-8-23(18)29-26(30)22-15-24(19-9-11-20(27)12-10-19)28-25-17(3)13-16(2)14-21(22)25/h5-15H,4H2,1-3H3,(H,29,30). The first-order valence-electron chi connectivity index (χ1n) is 10.0. The quantitative estimate of drug-likeness (QED) is 0.391. The fourth-order valence-electron chi connectivity index (χ4n) is 3.78. The van der Waals surface area contributed by atoms with Crippen molar-refractivity contribution in [2.24, 2.45) is 0 Å². The van der Waals surface area contributed by atoms with E-state index in [-0.39, 0.29) is 5.91 Å². The molecule has 0 radical (unpaired) electrons. The molecule has 0 unspecified atom stereocenters. The molecule has 3 nitrogen and oxygen atoms in total. The molecule has 4 aromatic rings. The molecule has 150 valence electrons. The minimum Gasteiger partial charge on any atom is -0.322 e. The summed E-state index contributed by atoms with van der Waals surface area (Å²) >= 11 is 6.05. The summed E-state index contributed by atoms with van der Waals surface area (Å²) in [6.07, 6.45) is 0.849. The number of carbonyl (C=O) groups is 1. The second kappa shape index (κ2) is 8.29. The summed E-state index contributed by atoms with van der Waals surface area (Å²) < 4.78 is 0. The smallest absolute Gasteiger partial charge is 0.256 e. The minimum atomic E-state index is -0.136. The highest BCUT2D eigenvalue weighted by Crippen LogP contribution is 2.29. The van der Waals surface area contributed by atoms with Gasteiger partial charge in [-0.05, 0) is 61.7 Å². The van der Waals surface area contributed by atoms with Gasteiger partial charge in [-0.3, -0.25) is 4.79 Å². The largest absolute Gasteiger partial charge is 0.322 e. The number of nitrogens with zero attached hydrogens (tertiary/aromatic N) is 1. The lowest BCUT2D eigenvalue weighted by atomic mass is 9.99. The van der Waals surface area contributed by atoms with Crippen LogP contribution in [-0.4, -0.2) is 10.9 Å². The number of pyridine rings is 1. The molecule has 1 amide bonds. The summed E-state index contributed by atoms with van der Waals surface area (Å²) in [4.78, 5) is 18.3. The number of hydrogen-bond donors (Lipinski definition) is 1. The number of amides is 1. The Morgan fingerprint density at radius 3 is 2.47 bits per heavy atom. The van der Waals surface area contributed by atoms with Gasteiger partial charge in [-0.15, -0.1) is 0 Å². The van der Waals surface area contributed by atoms with Crippen LogP contribution in [0.3, 0.4) is 0 Å². The lowest BCUT2D eigenvalue weighted by Gasteiger charge is -2.14. The molecule has 30 heavy (non-hydrogen) atoms. The van der Waals surface area contributed by atoms with E-state index in [9.17, 15) is 4.79 Å². The van der Waals surface area contributed by atoms with Crippen LogP contribution in [0.2, 0.25) is 5.02 Å². The van der Waals surface area contributed by atoms with Gasteiger partial charge in [-0.25, -0.2) is 4.98 Å². The van der Waals surface area contributed by atoms with Crippen molar-refractivity contribution in [2.45, 2.75) is 27.2 Å². The normalized spacial score (nSPS) is 10.9. The summed E-state index contributed by atoms with van der Waals surface area (Å²) in [5, 5.41) is 4.63.